The Morgan fingerprint density at radius 3 is 3.00 bits per heavy atom. The first kappa shape index (κ1) is 10.3. The standard InChI is InChI=1S/C15H20O/c1-11-5-2-3-6-12(11)9-14-10-13-7-4-8-16-15(13)14/h2-3,5-6,13-15H,4,7-10H2,1H3/t13-,14?,15-/m1/s1. The SMILES string of the molecule is Cc1ccccc1CC1C[C@H]2CCCO[C@@H]12. The van der Waals surface area contributed by atoms with Crippen LogP contribution in [0.4, 0.5) is 0 Å². The molecule has 1 heteroatoms. The van der Waals surface area contributed by atoms with Crippen molar-refractivity contribution in [1.82, 2.24) is 0 Å². The molecule has 0 bridgehead atoms. The minimum atomic E-state index is 0.577. The van der Waals surface area contributed by atoms with Gasteiger partial charge >= 0.3 is 0 Å². The molecule has 1 saturated heterocycles. The van der Waals surface area contributed by atoms with Gasteiger partial charge in [0.15, 0.2) is 0 Å². The molecule has 3 rings (SSSR count). The molecule has 1 aliphatic heterocycles. The van der Waals surface area contributed by atoms with Crippen LogP contribution in [0, 0.1) is 18.8 Å². The van der Waals surface area contributed by atoms with Gasteiger partial charge in [-0.15, -0.1) is 0 Å². The topological polar surface area (TPSA) is 9.23 Å². The lowest BCUT2D eigenvalue weighted by molar-refractivity contribution is -0.126. The predicted octanol–water partition coefficient (Wildman–Crippen LogP) is 3.35. The van der Waals surface area contributed by atoms with E-state index in [-0.39, 0.29) is 0 Å². The Morgan fingerprint density at radius 2 is 2.19 bits per heavy atom. The molecular weight excluding hydrogens is 196 g/mol. The summed E-state index contributed by atoms with van der Waals surface area (Å²) < 4.78 is 5.90. The van der Waals surface area contributed by atoms with E-state index in [0.29, 0.717) is 6.10 Å². The normalized spacial score (nSPS) is 32.9. The average molecular weight is 216 g/mol. The van der Waals surface area contributed by atoms with E-state index in [1.807, 2.05) is 0 Å². The molecule has 1 unspecified atom stereocenters. The van der Waals surface area contributed by atoms with Crippen molar-refractivity contribution in [2.45, 2.75) is 38.7 Å². The molecule has 1 saturated carbocycles. The highest BCUT2D eigenvalue weighted by Gasteiger charge is 2.42. The maximum atomic E-state index is 5.90. The smallest absolute Gasteiger partial charge is 0.0634 e. The van der Waals surface area contributed by atoms with Crippen molar-refractivity contribution >= 4 is 0 Å². The second-order valence-corrected chi connectivity index (χ2v) is 5.36. The van der Waals surface area contributed by atoms with Gasteiger partial charge < -0.3 is 4.74 Å². The van der Waals surface area contributed by atoms with Crippen LogP contribution in [-0.4, -0.2) is 12.7 Å². The Morgan fingerprint density at radius 1 is 1.31 bits per heavy atom. The van der Waals surface area contributed by atoms with Gasteiger partial charge in [0.25, 0.3) is 0 Å². The van der Waals surface area contributed by atoms with Gasteiger partial charge in [0, 0.05) is 6.61 Å². The fourth-order valence-electron chi connectivity index (χ4n) is 3.29. The van der Waals surface area contributed by atoms with Crippen LogP contribution < -0.4 is 0 Å². The van der Waals surface area contributed by atoms with Crippen molar-refractivity contribution in [2.75, 3.05) is 6.61 Å². The summed E-state index contributed by atoms with van der Waals surface area (Å²) in [5, 5.41) is 0. The maximum Gasteiger partial charge on any atom is 0.0634 e. The minimum absolute atomic E-state index is 0.577. The van der Waals surface area contributed by atoms with Gasteiger partial charge in [-0.05, 0) is 55.6 Å². The van der Waals surface area contributed by atoms with E-state index in [0.717, 1.165) is 18.4 Å². The molecule has 1 aromatic rings. The molecule has 1 nitrogen and oxygen atoms in total. The van der Waals surface area contributed by atoms with Crippen LogP contribution in [0.25, 0.3) is 0 Å². The summed E-state index contributed by atoms with van der Waals surface area (Å²) in [5.74, 6) is 1.66. The van der Waals surface area contributed by atoms with E-state index in [1.54, 1.807) is 0 Å². The Labute approximate surface area is 97.8 Å². The van der Waals surface area contributed by atoms with Crippen molar-refractivity contribution < 1.29 is 4.74 Å². The lowest BCUT2D eigenvalue weighted by Crippen LogP contribution is -2.47. The van der Waals surface area contributed by atoms with E-state index >= 15 is 0 Å². The van der Waals surface area contributed by atoms with Crippen molar-refractivity contribution in [2.24, 2.45) is 11.8 Å². The first-order chi connectivity index (χ1) is 7.84. The summed E-state index contributed by atoms with van der Waals surface area (Å²) in [6, 6.07) is 8.76. The second kappa shape index (κ2) is 4.21. The molecule has 0 aromatic heterocycles. The third-order valence-electron chi connectivity index (χ3n) is 4.31. The second-order valence-electron chi connectivity index (χ2n) is 5.36. The lowest BCUT2D eigenvalue weighted by Gasteiger charge is -2.47. The Hall–Kier alpha value is -0.820. The van der Waals surface area contributed by atoms with E-state index in [4.69, 9.17) is 4.74 Å². The van der Waals surface area contributed by atoms with Crippen LogP contribution in [0.5, 0.6) is 0 Å². The van der Waals surface area contributed by atoms with Crippen molar-refractivity contribution in [1.29, 1.82) is 0 Å². The molecule has 16 heavy (non-hydrogen) atoms. The van der Waals surface area contributed by atoms with E-state index in [9.17, 15) is 0 Å². The summed E-state index contributed by atoms with van der Waals surface area (Å²) in [6.45, 7) is 3.21. The third-order valence-corrected chi connectivity index (χ3v) is 4.31. The molecule has 1 aliphatic carbocycles. The molecule has 3 atom stereocenters. The molecule has 86 valence electrons. The maximum absolute atomic E-state index is 5.90. The molecule has 0 spiro atoms. The molecule has 1 heterocycles. The highest BCUT2D eigenvalue weighted by molar-refractivity contribution is 5.26. The highest BCUT2D eigenvalue weighted by Crippen LogP contribution is 2.44. The molecular formula is C15H20O. The lowest BCUT2D eigenvalue weighted by atomic mass is 9.66. The summed E-state index contributed by atoms with van der Waals surface area (Å²) in [7, 11) is 0. The first-order valence-corrected chi connectivity index (χ1v) is 6.50. The third kappa shape index (κ3) is 1.78. The Balaban J connectivity index is 1.66. The van der Waals surface area contributed by atoms with Crippen LogP contribution in [0.2, 0.25) is 0 Å². The molecule has 2 fully saturated rings. The Kier molecular flexibility index (Phi) is 2.72. The zero-order chi connectivity index (χ0) is 11.0. The number of hydrogen-bond donors (Lipinski definition) is 0. The number of aryl methyl sites for hydroxylation is 1. The predicted molar refractivity (Wildman–Crippen MR) is 65.5 cm³/mol. The summed E-state index contributed by atoms with van der Waals surface area (Å²) in [5.41, 5.74) is 2.95. The van der Waals surface area contributed by atoms with Crippen molar-refractivity contribution in [3.63, 3.8) is 0 Å². The van der Waals surface area contributed by atoms with Crippen LogP contribution in [0.3, 0.4) is 0 Å². The quantitative estimate of drug-likeness (QED) is 0.736. The van der Waals surface area contributed by atoms with Gasteiger partial charge in [0.2, 0.25) is 0 Å². The fraction of sp³-hybridized carbons (Fsp3) is 0.600. The zero-order valence-electron chi connectivity index (χ0n) is 9.99. The summed E-state index contributed by atoms with van der Waals surface area (Å²) >= 11 is 0. The summed E-state index contributed by atoms with van der Waals surface area (Å²) in [6.07, 6.45) is 5.85. The number of fused-ring (bicyclic) bond motifs is 1. The van der Waals surface area contributed by atoms with Gasteiger partial charge in [-0.3, -0.25) is 0 Å². The zero-order valence-corrected chi connectivity index (χ0v) is 9.99. The van der Waals surface area contributed by atoms with E-state index in [1.165, 1.54) is 36.8 Å². The largest absolute Gasteiger partial charge is 0.378 e. The van der Waals surface area contributed by atoms with Gasteiger partial charge in [0.05, 0.1) is 6.10 Å². The van der Waals surface area contributed by atoms with E-state index < -0.39 is 0 Å². The molecule has 0 N–H and O–H groups in total. The van der Waals surface area contributed by atoms with E-state index in [2.05, 4.69) is 31.2 Å². The van der Waals surface area contributed by atoms with Crippen LogP contribution in [0.15, 0.2) is 24.3 Å². The van der Waals surface area contributed by atoms with Gasteiger partial charge in [-0.25, -0.2) is 0 Å². The first-order valence-electron chi connectivity index (χ1n) is 6.50. The monoisotopic (exact) mass is 216 g/mol. The highest BCUT2D eigenvalue weighted by atomic mass is 16.5. The molecule has 2 aliphatic rings. The van der Waals surface area contributed by atoms with Gasteiger partial charge in [-0.2, -0.15) is 0 Å². The molecule has 0 amide bonds. The van der Waals surface area contributed by atoms with Crippen LogP contribution in [0.1, 0.15) is 30.4 Å². The number of hydrogen-bond acceptors (Lipinski definition) is 1. The summed E-state index contributed by atoms with van der Waals surface area (Å²) in [4.78, 5) is 0. The van der Waals surface area contributed by atoms with Crippen LogP contribution >= 0.6 is 0 Å². The van der Waals surface area contributed by atoms with Crippen molar-refractivity contribution in [3.05, 3.63) is 35.4 Å². The molecule has 1 aromatic carbocycles. The number of benzene rings is 1. The van der Waals surface area contributed by atoms with Crippen molar-refractivity contribution in [3.8, 4) is 0 Å². The van der Waals surface area contributed by atoms with Crippen LogP contribution in [-0.2, 0) is 11.2 Å². The average Bonchev–Trinajstić information content (AvgIpc) is 2.28. The molecule has 0 radical (unpaired) electrons. The Bertz CT molecular complexity index is 371. The number of ether oxygens (including phenoxy) is 1. The van der Waals surface area contributed by atoms with Gasteiger partial charge in [-0.1, -0.05) is 24.3 Å². The van der Waals surface area contributed by atoms with Gasteiger partial charge in [0.1, 0.15) is 0 Å². The minimum Gasteiger partial charge on any atom is -0.378 e. The fourth-order valence-corrected chi connectivity index (χ4v) is 3.29. The number of rotatable bonds is 2.